The molecule has 0 bridgehead atoms. The number of allylic oxidation sites excluding steroid dienone is 1. The number of hydrogen-bond donors (Lipinski definition) is 0. The molecule has 0 spiro atoms. The van der Waals surface area contributed by atoms with Gasteiger partial charge in [0.2, 0.25) is 0 Å². The van der Waals surface area contributed by atoms with Crippen LogP contribution in [-0.2, 0) is 11.3 Å². The van der Waals surface area contributed by atoms with Crippen LogP contribution in [0.5, 0.6) is 0 Å². The monoisotopic (exact) mass is 366 g/mol. The molecule has 27 heavy (non-hydrogen) atoms. The van der Waals surface area contributed by atoms with Gasteiger partial charge >= 0.3 is 0 Å². The molecule has 1 aromatic rings. The van der Waals surface area contributed by atoms with E-state index in [2.05, 4.69) is 43.5 Å². The van der Waals surface area contributed by atoms with Crippen LogP contribution in [0.1, 0.15) is 81.3 Å². The highest BCUT2D eigenvalue weighted by atomic mass is 16.5. The van der Waals surface area contributed by atoms with Crippen molar-refractivity contribution in [2.45, 2.75) is 76.7 Å². The lowest BCUT2D eigenvalue weighted by Gasteiger charge is -2.31. The first kappa shape index (κ1) is 20.4. The summed E-state index contributed by atoms with van der Waals surface area (Å²) < 4.78 is 5.53. The molecule has 2 aliphatic carbocycles. The summed E-state index contributed by atoms with van der Waals surface area (Å²) in [5, 5.41) is 0. The fourth-order valence-electron chi connectivity index (χ4n) is 5.11. The third kappa shape index (κ3) is 6.35. The highest BCUT2D eigenvalue weighted by Gasteiger charge is 2.24. The van der Waals surface area contributed by atoms with Crippen molar-refractivity contribution >= 4 is 0 Å². The molecule has 1 aromatic carbocycles. The van der Waals surface area contributed by atoms with E-state index < -0.39 is 0 Å². The number of hydrogen-bond acceptors (Lipinski definition) is 1. The average Bonchev–Trinajstić information content (AvgIpc) is 2.74. The molecular formula is C26H38O. The van der Waals surface area contributed by atoms with E-state index in [0.717, 1.165) is 23.7 Å². The van der Waals surface area contributed by atoms with Crippen LogP contribution in [0.25, 0.3) is 0 Å². The van der Waals surface area contributed by atoms with Crippen molar-refractivity contribution in [3.8, 4) is 0 Å². The van der Waals surface area contributed by atoms with Crippen molar-refractivity contribution in [1.29, 1.82) is 0 Å². The summed E-state index contributed by atoms with van der Waals surface area (Å²) in [5.41, 5.74) is 2.80. The number of rotatable bonds is 9. The van der Waals surface area contributed by atoms with Crippen molar-refractivity contribution in [2.75, 3.05) is 6.61 Å². The van der Waals surface area contributed by atoms with Crippen LogP contribution in [0.2, 0.25) is 0 Å². The Morgan fingerprint density at radius 3 is 1.96 bits per heavy atom. The standard InChI is InChI=1S/C26H38O/c1-3-19-27-20-24-13-17-26(18-14-24)25-15-11-23(12-16-25)10-9-22-7-5-21(4-2)6-8-22/h3-4,13-14,17-18,21-23,25H,1-2,5-12,15-16,19-20H2/t21-,22-,23-,25-. The van der Waals surface area contributed by atoms with Gasteiger partial charge in [-0.2, -0.15) is 0 Å². The van der Waals surface area contributed by atoms with Gasteiger partial charge in [-0.15, -0.1) is 13.2 Å². The first-order chi connectivity index (χ1) is 13.3. The molecule has 0 heterocycles. The Balaban J connectivity index is 1.36. The zero-order chi connectivity index (χ0) is 18.9. The van der Waals surface area contributed by atoms with Gasteiger partial charge in [0.25, 0.3) is 0 Å². The van der Waals surface area contributed by atoms with Crippen LogP contribution in [-0.4, -0.2) is 6.61 Å². The minimum Gasteiger partial charge on any atom is -0.373 e. The van der Waals surface area contributed by atoms with Gasteiger partial charge in [0.1, 0.15) is 0 Å². The number of ether oxygens (including phenoxy) is 1. The summed E-state index contributed by atoms with van der Waals surface area (Å²) in [6, 6.07) is 9.14. The van der Waals surface area contributed by atoms with Gasteiger partial charge in [0, 0.05) is 0 Å². The van der Waals surface area contributed by atoms with Crippen LogP contribution >= 0.6 is 0 Å². The summed E-state index contributed by atoms with van der Waals surface area (Å²) in [6.45, 7) is 8.98. The lowest BCUT2D eigenvalue weighted by Crippen LogP contribution is -2.17. The second kappa shape index (κ2) is 10.9. The fourth-order valence-corrected chi connectivity index (χ4v) is 5.11. The lowest BCUT2D eigenvalue weighted by atomic mass is 9.74. The summed E-state index contributed by atoms with van der Waals surface area (Å²) in [7, 11) is 0. The minimum absolute atomic E-state index is 0.626. The molecule has 0 saturated heterocycles. The highest BCUT2D eigenvalue weighted by molar-refractivity contribution is 5.25. The number of benzene rings is 1. The van der Waals surface area contributed by atoms with E-state index in [1.165, 1.54) is 75.3 Å². The van der Waals surface area contributed by atoms with Crippen LogP contribution in [0.3, 0.4) is 0 Å². The van der Waals surface area contributed by atoms with E-state index in [4.69, 9.17) is 4.74 Å². The normalized spacial score (nSPS) is 28.6. The molecule has 0 unspecified atom stereocenters. The van der Waals surface area contributed by atoms with Gasteiger partial charge in [-0.25, -0.2) is 0 Å². The fraction of sp³-hybridized carbons (Fsp3) is 0.615. The molecule has 0 aliphatic heterocycles. The zero-order valence-corrected chi connectivity index (χ0v) is 17.1. The van der Waals surface area contributed by atoms with Crippen LogP contribution in [0.15, 0.2) is 49.6 Å². The third-order valence-electron chi connectivity index (χ3n) is 7.01. The van der Waals surface area contributed by atoms with Gasteiger partial charge in [-0.1, -0.05) is 49.3 Å². The predicted octanol–water partition coefficient (Wildman–Crippen LogP) is 7.44. The van der Waals surface area contributed by atoms with E-state index in [9.17, 15) is 0 Å². The quantitative estimate of drug-likeness (QED) is 0.326. The summed E-state index contributed by atoms with van der Waals surface area (Å²) >= 11 is 0. The molecule has 1 heteroatoms. The molecule has 0 radical (unpaired) electrons. The van der Waals surface area contributed by atoms with E-state index in [1.807, 2.05) is 0 Å². The molecule has 2 aliphatic rings. The average molecular weight is 367 g/mol. The van der Waals surface area contributed by atoms with Gasteiger partial charge in [0.15, 0.2) is 0 Å². The largest absolute Gasteiger partial charge is 0.373 e. The van der Waals surface area contributed by atoms with E-state index in [-0.39, 0.29) is 0 Å². The third-order valence-corrected chi connectivity index (χ3v) is 7.01. The van der Waals surface area contributed by atoms with Crippen LogP contribution < -0.4 is 0 Å². The van der Waals surface area contributed by atoms with Gasteiger partial charge < -0.3 is 4.74 Å². The first-order valence-electron chi connectivity index (χ1n) is 11.2. The maximum atomic E-state index is 5.53. The molecule has 0 aromatic heterocycles. The summed E-state index contributed by atoms with van der Waals surface area (Å²) in [4.78, 5) is 0. The first-order valence-corrected chi connectivity index (χ1v) is 11.2. The van der Waals surface area contributed by atoms with Gasteiger partial charge in [0.05, 0.1) is 13.2 Å². The van der Waals surface area contributed by atoms with E-state index in [1.54, 1.807) is 6.08 Å². The highest BCUT2D eigenvalue weighted by Crippen LogP contribution is 2.39. The second-order valence-electron chi connectivity index (χ2n) is 8.86. The van der Waals surface area contributed by atoms with E-state index >= 15 is 0 Å². The zero-order valence-electron chi connectivity index (χ0n) is 17.1. The topological polar surface area (TPSA) is 9.23 Å². The van der Waals surface area contributed by atoms with Crippen LogP contribution in [0.4, 0.5) is 0 Å². The SMILES string of the molecule is C=CCOCc1ccc([C@H]2CC[C@H](CC[C@H]3CC[C@H](C=C)CC3)CC2)cc1. The molecule has 148 valence electrons. The Kier molecular flexibility index (Phi) is 8.20. The second-order valence-corrected chi connectivity index (χ2v) is 8.86. The minimum atomic E-state index is 0.626. The molecular weight excluding hydrogens is 328 g/mol. The summed E-state index contributed by atoms with van der Waals surface area (Å²) in [5.74, 6) is 3.55. The molecule has 2 fully saturated rings. The Bertz CT molecular complexity index is 556. The Labute approximate surface area is 166 Å². The maximum Gasteiger partial charge on any atom is 0.0721 e. The van der Waals surface area contributed by atoms with Crippen molar-refractivity contribution in [3.05, 3.63) is 60.7 Å². The molecule has 2 saturated carbocycles. The van der Waals surface area contributed by atoms with Crippen molar-refractivity contribution in [2.24, 2.45) is 17.8 Å². The van der Waals surface area contributed by atoms with Crippen LogP contribution in [0, 0.1) is 17.8 Å². The summed E-state index contributed by atoms with van der Waals surface area (Å²) in [6.07, 6.45) is 18.2. The predicted molar refractivity (Wildman–Crippen MR) is 116 cm³/mol. The lowest BCUT2D eigenvalue weighted by molar-refractivity contribution is 0.149. The smallest absolute Gasteiger partial charge is 0.0721 e. The molecule has 0 amide bonds. The molecule has 0 N–H and O–H groups in total. The molecule has 1 nitrogen and oxygen atoms in total. The van der Waals surface area contributed by atoms with Gasteiger partial charge in [-0.05, 0) is 86.2 Å². The van der Waals surface area contributed by atoms with Crippen molar-refractivity contribution in [3.63, 3.8) is 0 Å². The van der Waals surface area contributed by atoms with Gasteiger partial charge in [-0.3, -0.25) is 0 Å². The Morgan fingerprint density at radius 1 is 0.815 bits per heavy atom. The Morgan fingerprint density at radius 2 is 1.41 bits per heavy atom. The van der Waals surface area contributed by atoms with Crippen molar-refractivity contribution in [1.82, 2.24) is 0 Å². The molecule has 0 atom stereocenters. The Hall–Kier alpha value is -1.34. The molecule has 3 rings (SSSR count). The van der Waals surface area contributed by atoms with Crippen molar-refractivity contribution < 1.29 is 4.74 Å². The maximum absolute atomic E-state index is 5.53. The van der Waals surface area contributed by atoms with E-state index in [0.29, 0.717) is 13.2 Å².